The van der Waals surface area contributed by atoms with E-state index in [2.05, 4.69) is 38.1 Å². The molecule has 2 heteroatoms. The number of aryl methyl sites for hydroxylation is 1. The molecule has 1 nitrogen and oxygen atoms in total. The molecular weight excluding hydrogens is 202 g/mol. The van der Waals surface area contributed by atoms with E-state index in [9.17, 15) is 0 Å². The van der Waals surface area contributed by atoms with Crippen molar-refractivity contribution in [2.24, 2.45) is 5.73 Å². The molecule has 0 bridgehead atoms. The van der Waals surface area contributed by atoms with Crippen LogP contribution in [0.2, 0.25) is 0 Å². The minimum atomic E-state index is 0.530. The summed E-state index contributed by atoms with van der Waals surface area (Å²) in [7, 11) is 0. The maximum absolute atomic E-state index is 5.81. The summed E-state index contributed by atoms with van der Waals surface area (Å²) in [6.45, 7) is 5.18. The van der Waals surface area contributed by atoms with Crippen LogP contribution in [0, 0.1) is 6.92 Å². The van der Waals surface area contributed by atoms with Crippen LogP contribution in [0.15, 0.2) is 24.3 Å². The monoisotopic (exact) mass is 219 g/mol. The maximum Gasteiger partial charge on any atom is 0.0348 e. The van der Waals surface area contributed by atoms with Gasteiger partial charge in [0.1, 0.15) is 0 Å². The first-order valence-electron chi connectivity index (χ1n) is 5.46. The van der Waals surface area contributed by atoms with Gasteiger partial charge in [-0.05, 0) is 36.9 Å². The Morgan fingerprint density at radius 1 is 1.33 bits per heavy atom. The van der Waals surface area contributed by atoms with Crippen LogP contribution in [0.3, 0.4) is 0 Å². The zero-order valence-corrected chi connectivity index (χ0v) is 10.1. The summed E-state index contributed by atoms with van der Waals surface area (Å²) in [5.74, 6) is 0.530. The molecule has 0 aliphatic heterocycles. The first kappa shape index (κ1) is 10.7. The normalized spacial score (nSPS) is 13.3. The lowest BCUT2D eigenvalue weighted by atomic mass is 10.0. The molecule has 80 valence electrons. The van der Waals surface area contributed by atoms with Crippen molar-refractivity contribution in [1.29, 1.82) is 0 Å². The molecule has 0 fully saturated rings. The Balaban J connectivity index is 2.57. The van der Waals surface area contributed by atoms with Crippen LogP contribution in [-0.4, -0.2) is 6.54 Å². The van der Waals surface area contributed by atoms with Gasteiger partial charge < -0.3 is 5.73 Å². The molecule has 1 aromatic carbocycles. The van der Waals surface area contributed by atoms with Gasteiger partial charge in [-0.2, -0.15) is 0 Å². The topological polar surface area (TPSA) is 26.0 Å². The number of nitrogens with two attached hydrogens (primary N) is 1. The van der Waals surface area contributed by atoms with Crippen molar-refractivity contribution in [3.63, 3.8) is 0 Å². The van der Waals surface area contributed by atoms with Crippen molar-refractivity contribution in [3.05, 3.63) is 34.7 Å². The molecule has 0 spiro atoms. The highest BCUT2D eigenvalue weighted by molar-refractivity contribution is 7.19. The van der Waals surface area contributed by atoms with E-state index in [1.165, 1.54) is 20.5 Å². The Hall–Kier alpha value is -0.860. The SMILES string of the molecule is CCC(CN)c1sc2ccccc2c1C. The predicted molar refractivity (Wildman–Crippen MR) is 68.6 cm³/mol. The molecule has 0 aliphatic carbocycles. The quantitative estimate of drug-likeness (QED) is 0.837. The van der Waals surface area contributed by atoms with Gasteiger partial charge >= 0.3 is 0 Å². The number of fused-ring (bicyclic) bond motifs is 1. The van der Waals surface area contributed by atoms with E-state index in [-0.39, 0.29) is 0 Å². The molecule has 0 radical (unpaired) electrons. The third kappa shape index (κ3) is 1.80. The van der Waals surface area contributed by atoms with E-state index >= 15 is 0 Å². The molecule has 0 amide bonds. The maximum atomic E-state index is 5.81. The zero-order valence-electron chi connectivity index (χ0n) is 9.29. The minimum Gasteiger partial charge on any atom is -0.330 e. The van der Waals surface area contributed by atoms with Crippen molar-refractivity contribution in [2.45, 2.75) is 26.2 Å². The van der Waals surface area contributed by atoms with Crippen LogP contribution >= 0.6 is 11.3 Å². The van der Waals surface area contributed by atoms with E-state index in [0.29, 0.717) is 5.92 Å². The van der Waals surface area contributed by atoms with Gasteiger partial charge in [0.25, 0.3) is 0 Å². The summed E-state index contributed by atoms with van der Waals surface area (Å²) in [5.41, 5.74) is 7.24. The number of rotatable bonds is 3. The Labute approximate surface area is 94.9 Å². The summed E-state index contributed by atoms with van der Waals surface area (Å²) in [4.78, 5) is 1.47. The van der Waals surface area contributed by atoms with Gasteiger partial charge in [0.2, 0.25) is 0 Å². The highest BCUT2D eigenvalue weighted by Gasteiger charge is 2.14. The molecule has 1 atom stereocenters. The molecule has 0 saturated carbocycles. The Morgan fingerprint density at radius 3 is 2.67 bits per heavy atom. The van der Waals surface area contributed by atoms with Gasteiger partial charge in [-0.3, -0.25) is 0 Å². The van der Waals surface area contributed by atoms with Crippen LogP contribution in [0.1, 0.15) is 29.7 Å². The lowest BCUT2D eigenvalue weighted by Gasteiger charge is -2.10. The van der Waals surface area contributed by atoms with Gasteiger partial charge in [0.15, 0.2) is 0 Å². The largest absolute Gasteiger partial charge is 0.330 e. The summed E-state index contributed by atoms with van der Waals surface area (Å²) < 4.78 is 1.39. The van der Waals surface area contributed by atoms with Crippen LogP contribution < -0.4 is 5.73 Å². The van der Waals surface area contributed by atoms with Gasteiger partial charge in [-0.15, -0.1) is 11.3 Å². The van der Waals surface area contributed by atoms with Crippen molar-refractivity contribution in [1.82, 2.24) is 0 Å². The zero-order chi connectivity index (χ0) is 10.8. The lowest BCUT2D eigenvalue weighted by Crippen LogP contribution is -2.10. The summed E-state index contributed by atoms with van der Waals surface area (Å²) in [6.07, 6.45) is 1.13. The molecule has 0 saturated heterocycles. The Morgan fingerprint density at radius 2 is 2.07 bits per heavy atom. The molecule has 1 unspecified atom stereocenters. The molecule has 1 aromatic heterocycles. The van der Waals surface area contributed by atoms with E-state index in [4.69, 9.17) is 5.73 Å². The summed E-state index contributed by atoms with van der Waals surface area (Å²) >= 11 is 1.90. The molecule has 2 N–H and O–H groups in total. The molecule has 15 heavy (non-hydrogen) atoms. The van der Waals surface area contributed by atoms with E-state index in [0.717, 1.165) is 13.0 Å². The van der Waals surface area contributed by atoms with Crippen LogP contribution in [0.4, 0.5) is 0 Å². The summed E-state index contributed by atoms with van der Waals surface area (Å²) in [5, 5.41) is 1.39. The number of benzene rings is 1. The van der Waals surface area contributed by atoms with Crippen LogP contribution in [0.5, 0.6) is 0 Å². The van der Waals surface area contributed by atoms with E-state index in [1.54, 1.807) is 0 Å². The number of thiophene rings is 1. The van der Waals surface area contributed by atoms with Gasteiger partial charge in [0, 0.05) is 15.5 Å². The highest BCUT2D eigenvalue weighted by atomic mass is 32.1. The molecule has 2 rings (SSSR count). The van der Waals surface area contributed by atoms with Gasteiger partial charge in [0.05, 0.1) is 0 Å². The minimum absolute atomic E-state index is 0.530. The molecule has 0 aliphatic rings. The second-order valence-corrected chi connectivity index (χ2v) is 5.01. The average Bonchev–Trinajstić information content (AvgIpc) is 2.60. The van der Waals surface area contributed by atoms with Crippen molar-refractivity contribution < 1.29 is 0 Å². The average molecular weight is 219 g/mol. The first-order chi connectivity index (χ1) is 7.27. The third-order valence-corrected chi connectivity index (χ3v) is 4.46. The van der Waals surface area contributed by atoms with E-state index in [1.807, 2.05) is 11.3 Å². The standard InChI is InChI=1S/C13H17NS/c1-3-10(8-14)13-9(2)11-6-4-5-7-12(11)15-13/h4-7,10H,3,8,14H2,1-2H3. The predicted octanol–water partition coefficient (Wildman–Crippen LogP) is 3.66. The Kier molecular flexibility index (Phi) is 3.08. The van der Waals surface area contributed by atoms with Crippen LogP contribution in [0.25, 0.3) is 10.1 Å². The second kappa shape index (κ2) is 4.33. The summed E-state index contributed by atoms with van der Waals surface area (Å²) in [6, 6.07) is 8.61. The van der Waals surface area contributed by atoms with E-state index < -0.39 is 0 Å². The first-order valence-corrected chi connectivity index (χ1v) is 6.27. The Bertz CT molecular complexity index is 455. The van der Waals surface area contributed by atoms with Crippen LogP contribution in [-0.2, 0) is 0 Å². The van der Waals surface area contributed by atoms with Gasteiger partial charge in [-0.1, -0.05) is 25.1 Å². The fraction of sp³-hybridized carbons (Fsp3) is 0.385. The lowest BCUT2D eigenvalue weighted by molar-refractivity contribution is 0.683. The fourth-order valence-corrected chi connectivity index (χ4v) is 3.45. The van der Waals surface area contributed by atoms with Crippen molar-refractivity contribution in [3.8, 4) is 0 Å². The van der Waals surface area contributed by atoms with Gasteiger partial charge in [-0.25, -0.2) is 0 Å². The number of hydrogen-bond acceptors (Lipinski definition) is 2. The molecular formula is C13H17NS. The third-order valence-electron chi connectivity index (χ3n) is 3.03. The second-order valence-electron chi connectivity index (χ2n) is 3.93. The molecule has 1 heterocycles. The van der Waals surface area contributed by atoms with Crippen molar-refractivity contribution >= 4 is 21.4 Å². The van der Waals surface area contributed by atoms with Crippen molar-refractivity contribution in [2.75, 3.05) is 6.54 Å². The smallest absolute Gasteiger partial charge is 0.0348 e. The fourth-order valence-electron chi connectivity index (χ4n) is 2.04. The molecule has 2 aromatic rings. The highest BCUT2D eigenvalue weighted by Crippen LogP contribution is 2.36. The number of hydrogen-bond donors (Lipinski definition) is 1.